The summed E-state index contributed by atoms with van der Waals surface area (Å²) in [5.74, 6) is 1.40. The van der Waals surface area contributed by atoms with Crippen molar-refractivity contribution < 1.29 is 9.32 Å². The molecule has 1 aliphatic carbocycles. The molecule has 0 unspecified atom stereocenters. The van der Waals surface area contributed by atoms with Gasteiger partial charge in [-0.3, -0.25) is 4.79 Å². The monoisotopic (exact) mass is 317 g/mol. The van der Waals surface area contributed by atoms with Gasteiger partial charge in [-0.2, -0.15) is 0 Å². The number of nitrogens with one attached hydrogen (secondary N) is 1. The number of rotatable bonds is 5. The molecule has 0 saturated heterocycles. The average molecular weight is 317 g/mol. The Balaban J connectivity index is 1.67. The third-order valence-corrected chi connectivity index (χ3v) is 4.78. The summed E-state index contributed by atoms with van der Waals surface area (Å²) < 4.78 is 5.06. The van der Waals surface area contributed by atoms with Gasteiger partial charge >= 0.3 is 0 Å². The van der Waals surface area contributed by atoms with Crippen LogP contribution in [0.1, 0.15) is 47.5 Å². The van der Waals surface area contributed by atoms with Gasteiger partial charge in [-0.1, -0.05) is 29.8 Å². The van der Waals surface area contributed by atoms with Crippen molar-refractivity contribution in [3.05, 3.63) is 41.4 Å². The fourth-order valence-corrected chi connectivity index (χ4v) is 3.51. The zero-order valence-corrected chi connectivity index (χ0v) is 13.4. The highest BCUT2D eigenvalue weighted by Crippen LogP contribution is 2.25. The first-order valence-corrected chi connectivity index (χ1v) is 8.52. The molecule has 0 bridgehead atoms. The average Bonchev–Trinajstić information content (AvgIpc) is 3.17. The molecule has 1 saturated carbocycles. The van der Waals surface area contributed by atoms with Crippen LogP contribution in [0.2, 0.25) is 0 Å². The lowest BCUT2D eigenvalue weighted by Crippen LogP contribution is -2.33. The number of aromatic nitrogens is 2. The Morgan fingerprint density at radius 3 is 3.00 bits per heavy atom. The smallest absolute Gasteiger partial charge is 0.254 e. The van der Waals surface area contributed by atoms with Gasteiger partial charge in [0.25, 0.3) is 5.91 Å². The van der Waals surface area contributed by atoms with E-state index >= 15 is 0 Å². The first-order chi connectivity index (χ1) is 10.7. The highest BCUT2D eigenvalue weighted by molar-refractivity contribution is 7.98. The number of amides is 1. The van der Waals surface area contributed by atoms with Gasteiger partial charge in [-0.25, -0.2) is 4.98 Å². The van der Waals surface area contributed by atoms with Crippen LogP contribution < -0.4 is 5.32 Å². The number of nitrogens with zero attached hydrogens (tertiary/aromatic N) is 2. The summed E-state index contributed by atoms with van der Waals surface area (Å²) in [5, 5.41) is 7.81. The zero-order chi connectivity index (χ0) is 15.4. The van der Waals surface area contributed by atoms with Crippen LogP contribution in [0.5, 0.6) is 0 Å². The maximum atomic E-state index is 12.4. The predicted octanol–water partition coefficient (Wildman–Crippen LogP) is 3.34. The SMILES string of the molecule is Cc1cc(CSc2ncccc2C(=O)NC2CCCC2)no1. The third kappa shape index (κ3) is 3.68. The topological polar surface area (TPSA) is 68.0 Å². The molecule has 5 nitrogen and oxygen atoms in total. The predicted molar refractivity (Wildman–Crippen MR) is 84.8 cm³/mol. The maximum absolute atomic E-state index is 12.4. The van der Waals surface area contributed by atoms with E-state index in [0.717, 1.165) is 29.3 Å². The standard InChI is InChI=1S/C16H19N3O2S/c1-11-9-13(19-21-11)10-22-16-14(7-4-8-17-16)15(20)18-12-5-2-3-6-12/h4,7-9,12H,2-3,5-6,10H2,1H3,(H,18,20). The molecule has 0 aromatic carbocycles. The quantitative estimate of drug-likeness (QED) is 0.857. The van der Waals surface area contributed by atoms with Gasteiger partial charge in [0.2, 0.25) is 0 Å². The van der Waals surface area contributed by atoms with Crippen LogP contribution in [0.15, 0.2) is 33.9 Å². The van der Waals surface area contributed by atoms with Crippen molar-refractivity contribution in [3.8, 4) is 0 Å². The Labute approximate surface area is 133 Å². The molecular weight excluding hydrogens is 298 g/mol. The second-order valence-corrected chi connectivity index (χ2v) is 6.49. The van der Waals surface area contributed by atoms with Crippen LogP contribution in [0.4, 0.5) is 0 Å². The molecule has 1 fully saturated rings. The normalized spacial score (nSPS) is 15.1. The summed E-state index contributed by atoms with van der Waals surface area (Å²) in [5.41, 5.74) is 1.50. The number of carbonyl (C=O) groups is 1. The van der Waals surface area contributed by atoms with E-state index in [0.29, 0.717) is 17.4 Å². The van der Waals surface area contributed by atoms with Crippen molar-refractivity contribution >= 4 is 17.7 Å². The largest absolute Gasteiger partial charge is 0.361 e. The van der Waals surface area contributed by atoms with Crippen molar-refractivity contribution in [3.63, 3.8) is 0 Å². The van der Waals surface area contributed by atoms with E-state index in [-0.39, 0.29) is 5.91 Å². The van der Waals surface area contributed by atoms with Crippen LogP contribution in [0.3, 0.4) is 0 Å². The Bertz CT molecular complexity index is 650. The van der Waals surface area contributed by atoms with E-state index in [9.17, 15) is 4.79 Å². The van der Waals surface area contributed by atoms with Crippen molar-refractivity contribution in [1.82, 2.24) is 15.5 Å². The molecule has 6 heteroatoms. The van der Waals surface area contributed by atoms with Gasteiger partial charge in [0.1, 0.15) is 10.8 Å². The van der Waals surface area contributed by atoms with Gasteiger partial charge in [-0.15, -0.1) is 0 Å². The van der Waals surface area contributed by atoms with E-state index in [1.807, 2.05) is 19.1 Å². The van der Waals surface area contributed by atoms with Gasteiger partial charge < -0.3 is 9.84 Å². The summed E-state index contributed by atoms with van der Waals surface area (Å²) >= 11 is 1.51. The molecule has 2 aromatic rings. The van der Waals surface area contributed by atoms with Crippen molar-refractivity contribution in [1.29, 1.82) is 0 Å². The van der Waals surface area contributed by atoms with Crippen LogP contribution in [-0.4, -0.2) is 22.1 Å². The van der Waals surface area contributed by atoms with E-state index in [1.165, 1.54) is 24.6 Å². The third-order valence-electron chi connectivity index (χ3n) is 3.74. The Morgan fingerprint density at radius 1 is 1.45 bits per heavy atom. The maximum Gasteiger partial charge on any atom is 0.254 e. The Hall–Kier alpha value is -1.82. The van der Waals surface area contributed by atoms with Gasteiger partial charge in [0, 0.05) is 24.1 Å². The number of hydrogen-bond acceptors (Lipinski definition) is 5. The van der Waals surface area contributed by atoms with Gasteiger partial charge in [0.05, 0.1) is 11.3 Å². The van der Waals surface area contributed by atoms with Crippen LogP contribution in [0, 0.1) is 6.92 Å². The molecular formula is C16H19N3O2S. The van der Waals surface area contributed by atoms with Crippen LogP contribution in [0.25, 0.3) is 0 Å². The van der Waals surface area contributed by atoms with Gasteiger partial charge in [-0.05, 0) is 31.9 Å². The molecule has 0 radical (unpaired) electrons. The summed E-state index contributed by atoms with van der Waals surface area (Å²) in [6.07, 6.45) is 6.26. The van der Waals surface area contributed by atoms with Crippen molar-refractivity contribution in [2.75, 3.05) is 0 Å². The summed E-state index contributed by atoms with van der Waals surface area (Å²) in [7, 11) is 0. The fraction of sp³-hybridized carbons (Fsp3) is 0.438. The second kappa shape index (κ2) is 6.96. The molecule has 1 amide bonds. The molecule has 2 aromatic heterocycles. The molecule has 2 heterocycles. The van der Waals surface area contributed by atoms with Crippen LogP contribution >= 0.6 is 11.8 Å². The van der Waals surface area contributed by atoms with E-state index in [2.05, 4.69) is 15.5 Å². The highest BCUT2D eigenvalue weighted by atomic mass is 32.2. The molecule has 0 atom stereocenters. The molecule has 1 aliphatic rings. The lowest BCUT2D eigenvalue weighted by Gasteiger charge is -2.13. The summed E-state index contributed by atoms with van der Waals surface area (Å²) in [6, 6.07) is 5.83. The first-order valence-electron chi connectivity index (χ1n) is 7.53. The number of aryl methyl sites for hydroxylation is 1. The van der Waals surface area contributed by atoms with Crippen molar-refractivity contribution in [2.24, 2.45) is 0 Å². The van der Waals surface area contributed by atoms with Gasteiger partial charge in [0.15, 0.2) is 0 Å². The summed E-state index contributed by atoms with van der Waals surface area (Å²) in [4.78, 5) is 16.8. The number of pyridine rings is 1. The number of hydrogen-bond donors (Lipinski definition) is 1. The Kier molecular flexibility index (Phi) is 4.77. The number of carbonyl (C=O) groups excluding carboxylic acids is 1. The second-order valence-electron chi connectivity index (χ2n) is 5.53. The minimum Gasteiger partial charge on any atom is -0.361 e. The first kappa shape index (κ1) is 15.1. The molecule has 3 rings (SSSR count). The molecule has 1 N–H and O–H groups in total. The van der Waals surface area contributed by atoms with Crippen molar-refractivity contribution in [2.45, 2.75) is 49.4 Å². The molecule has 0 aliphatic heterocycles. The molecule has 0 spiro atoms. The molecule has 22 heavy (non-hydrogen) atoms. The van der Waals surface area contributed by atoms with E-state index in [1.54, 1.807) is 12.3 Å². The lowest BCUT2D eigenvalue weighted by molar-refractivity contribution is 0.0934. The zero-order valence-electron chi connectivity index (χ0n) is 12.5. The van der Waals surface area contributed by atoms with Crippen LogP contribution in [-0.2, 0) is 5.75 Å². The lowest BCUT2D eigenvalue weighted by atomic mass is 10.2. The highest BCUT2D eigenvalue weighted by Gasteiger charge is 2.20. The fourth-order valence-electron chi connectivity index (χ4n) is 2.64. The number of thioether (sulfide) groups is 1. The minimum absolute atomic E-state index is 0.0289. The Morgan fingerprint density at radius 2 is 2.27 bits per heavy atom. The minimum atomic E-state index is -0.0289. The van der Waals surface area contributed by atoms with E-state index in [4.69, 9.17) is 4.52 Å². The van der Waals surface area contributed by atoms with E-state index < -0.39 is 0 Å². The summed E-state index contributed by atoms with van der Waals surface area (Å²) in [6.45, 7) is 1.86. The molecule has 116 valence electrons.